The summed E-state index contributed by atoms with van der Waals surface area (Å²) in [6.45, 7) is 4.56. The molecular weight excluding hydrogens is 356 g/mol. The number of pyridine rings is 1. The van der Waals surface area contributed by atoms with Crippen molar-refractivity contribution in [3.8, 4) is 0 Å². The van der Waals surface area contributed by atoms with Gasteiger partial charge < -0.3 is 4.90 Å². The molecule has 0 unspecified atom stereocenters. The summed E-state index contributed by atoms with van der Waals surface area (Å²) in [6, 6.07) is 1.60. The van der Waals surface area contributed by atoms with Crippen LogP contribution in [0.5, 0.6) is 0 Å². The molecule has 0 aliphatic carbocycles. The third-order valence-electron chi connectivity index (χ3n) is 3.51. The number of hydrogen-bond acceptors (Lipinski definition) is 5. The summed E-state index contributed by atoms with van der Waals surface area (Å²) in [5, 5.41) is 0. The van der Waals surface area contributed by atoms with E-state index in [0.29, 0.717) is 17.6 Å². The van der Waals surface area contributed by atoms with E-state index < -0.39 is 10.0 Å². The van der Waals surface area contributed by atoms with Crippen LogP contribution in [0.2, 0.25) is 0 Å². The number of piperazine rings is 1. The summed E-state index contributed by atoms with van der Waals surface area (Å²) >= 11 is 3.26. The Morgan fingerprint density at radius 1 is 1.24 bits per heavy atom. The van der Waals surface area contributed by atoms with Crippen LogP contribution in [-0.4, -0.2) is 80.9 Å². The lowest BCUT2D eigenvalue weighted by atomic mass is 10.3. The first-order valence-electron chi connectivity index (χ1n) is 6.87. The highest BCUT2D eigenvalue weighted by molar-refractivity contribution is 9.10. The molecule has 0 N–H and O–H groups in total. The molecule has 0 amide bonds. The fraction of sp³-hybridized carbons (Fsp3) is 0.615. The molecule has 0 spiro atoms. The van der Waals surface area contributed by atoms with Gasteiger partial charge in [0.25, 0.3) is 0 Å². The second kappa shape index (κ2) is 7.15. The Balaban J connectivity index is 1.98. The summed E-state index contributed by atoms with van der Waals surface area (Å²) in [4.78, 5) is 8.62. The van der Waals surface area contributed by atoms with E-state index in [9.17, 15) is 8.42 Å². The molecule has 0 aromatic carbocycles. The van der Waals surface area contributed by atoms with Gasteiger partial charge in [-0.15, -0.1) is 0 Å². The van der Waals surface area contributed by atoms with Gasteiger partial charge in [0.05, 0.1) is 0 Å². The highest BCUT2D eigenvalue weighted by Crippen LogP contribution is 2.19. The third kappa shape index (κ3) is 4.46. The van der Waals surface area contributed by atoms with Gasteiger partial charge >= 0.3 is 0 Å². The van der Waals surface area contributed by atoms with Gasteiger partial charge in [0, 0.05) is 56.1 Å². The predicted octanol–water partition coefficient (Wildman–Crippen LogP) is 0.712. The van der Waals surface area contributed by atoms with Crippen molar-refractivity contribution in [2.75, 3.05) is 53.4 Å². The average Bonchev–Trinajstić information content (AvgIpc) is 2.45. The van der Waals surface area contributed by atoms with Crippen molar-refractivity contribution in [2.45, 2.75) is 4.90 Å². The van der Waals surface area contributed by atoms with Crippen LogP contribution in [0.3, 0.4) is 0 Å². The number of sulfonamides is 1. The van der Waals surface area contributed by atoms with E-state index in [4.69, 9.17) is 0 Å². The maximum Gasteiger partial charge on any atom is 0.244 e. The van der Waals surface area contributed by atoms with Crippen molar-refractivity contribution >= 4 is 26.0 Å². The summed E-state index contributed by atoms with van der Waals surface area (Å²) < 4.78 is 27.3. The number of rotatable bonds is 5. The zero-order valence-corrected chi connectivity index (χ0v) is 14.8. The van der Waals surface area contributed by atoms with Crippen molar-refractivity contribution in [1.82, 2.24) is 19.1 Å². The molecule has 1 fully saturated rings. The van der Waals surface area contributed by atoms with Crippen LogP contribution in [0.4, 0.5) is 0 Å². The van der Waals surface area contributed by atoms with Gasteiger partial charge in [0.2, 0.25) is 10.0 Å². The van der Waals surface area contributed by atoms with Gasteiger partial charge in [-0.25, -0.2) is 8.42 Å². The van der Waals surface area contributed by atoms with Crippen molar-refractivity contribution < 1.29 is 8.42 Å². The fourth-order valence-electron chi connectivity index (χ4n) is 2.22. The highest BCUT2D eigenvalue weighted by atomic mass is 79.9. The molecule has 1 aliphatic heterocycles. The zero-order valence-electron chi connectivity index (χ0n) is 12.4. The van der Waals surface area contributed by atoms with Gasteiger partial charge in [0.15, 0.2) is 0 Å². The number of aromatic nitrogens is 1. The average molecular weight is 377 g/mol. The van der Waals surface area contributed by atoms with Crippen LogP contribution in [0.1, 0.15) is 0 Å². The quantitative estimate of drug-likeness (QED) is 0.757. The molecule has 1 aliphatic rings. The SMILES string of the molecule is CN(C)CCN1CCN(S(=O)(=O)c2cncc(Br)c2)CC1. The molecule has 2 heterocycles. The van der Waals surface area contributed by atoms with Crippen molar-refractivity contribution in [3.63, 3.8) is 0 Å². The lowest BCUT2D eigenvalue weighted by Crippen LogP contribution is -2.49. The van der Waals surface area contributed by atoms with Gasteiger partial charge in [0.1, 0.15) is 4.90 Å². The van der Waals surface area contributed by atoms with Crippen LogP contribution in [0.15, 0.2) is 27.8 Å². The Morgan fingerprint density at radius 2 is 1.90 bits per heavy atom. The summed E-state index contributed by atoms with van der Waals surface area (Å²) in [5.41, 5.74) is 0. The fourth-order valence-corrected chi connectivity index (χ4v) is 4.15. The Morgan fingerprint density at radius 3 is 2.48 bits per heavy atom. The van der Waals surface area contributed by atoms with Crippen molar-refractivity contribution in [2.24, 2.45) is 0 Å². The van der Waals surface area contributed by atoms with Gasteiger partial charge in [-0.3, -0.25) is 9.88 Å². The minimum atomic E-state index is -3.44. The Bertz CT molecular complexity index is 571. The number of halogens is 1. The zero-order chi connectivity index (χ0) is 15.5. The smallest absolute Gasteiger partial charge is 0.244 e. The van der Waals surface area contributed by atoms with E-state index in [1.165, 1.54) is 6.20 Å². The molecule has 0 bridgehead atoms. The van der Waals surface area contributed by atoms with Gasteiger partial charge in [-0.05, 0) is 36.1 Å². The van der Waals surface area contributed by atoms with E-state index in [1.807, 2.05) is 14.1 Å². The Labute approximate surface area is 134 Å². The summed E-state index contributed by atoms with van der Waals surface area (Å²) in [5.74, 6) is 0. The van der Waals surface area contributed by atoms with Crippen LogP contribution < -0.4 is 0 Å². The maximum atomic E-state index is 12.6. The normalized spacial score (nSPS) is 18.3. The Kier molecular flexibility index (Phi) is 5.73. The minimum Gasteiger partial charge on any atom is -0.308 e. The van der Waals surface area contributed by atoms with E-state index in [2.05, 4.69) is 30.7 Å². The molecule has 2 rings (SSSR count). The molecule has 0 atom stereocenters. The van der Waals surface area contributed by atoms with E-state index in [0.717, 1.165) is 26.2 Å². The molecule has 0 radical (unpaired) electrons. The van der Waals surface area contributed by atoms with Crippen LogP contribution >= 0.6 is 15.9 Å². The van der Waals surface area contributed by atoms with E-state index >= 15 is 0 Å². The molecular formula is C13H21BrN4O2S. The van der Waals surface area contributed by atoms with Crippen LogP contribution in [0.25, 0.3) is 0 Å². The Hall–Kier alpha value is -0.540. The molecule has 1 aromatic rings. The largest absolute Gasteiger partial charge is 0.308 e. The third-order valence-corrected chi connectivity index (χ3v) is 5.81. The second-order valence-electron chi connectivity index (χ2n) is 5.39. The second-order valence-corrected chi connectivity index (χ2v) is 8.24. The molecule has 0 saturated carbocycles. The topological polar surface area (TPSA) is 56.8 Å². The predicted molar refractivity (Wildman–Crippen MR) is 85.7 cm³/mol. The van der Waals surface area contributed by atoms with Gasteiger partial charge in [-0.2, -0.15) is 4.31 Å². The first kappa shape index (κ1) is 16.8. The highest BCUT2D eigenvalue weighted by Gasteiger charge is 2.28. The lowest BCUT2D eigenvalue weighted by molar-refractivity contribution is 0.174. The molecule has 21 heavy (non-hydrogen) atoms. The number of likely N-dealkylation sites (N-methyl/N-ethyl adjacent to an activating group) is 1. The monoisotopic (exact) mass is 376 g/mol. The molecule has 1 aromatic heterocycles. The summed E-state index contributed by atoms with van der Waals surface area (Å²) in [7, 11) is 0.650. The maximum absolute atomic E-state index is 12.6. The lowest BCUT2D eigenvalue weighted by Gasteiger charge is -2.34. The number of nitrogens with zero attached hydrogens (tertiary/aromatic N) is 4. The minimum absolute atomic E-state index is 0.249. The van der Waals surface area contributed by atoms with Gasteiger partial charge in [-0.1, -0.05) is 0 Å². The standard InChI is InChI=1S/C13H21BrN4O2S/c1-16(2)3-4-17-5-7-18(8-6-17)21(19,20)13-9-12(14)10-15-11-13/h9-11H,3-8H2,1-2H3. The molecule has 6 nitrogen and oxygen atoms in total. The number of hydrogen-bond donors (Lipinski definition) is 0. The first-order valence-corrected chi connectivity index (χ1v) is 9.10. The van der Waals surface area contributed by atoms with E-state index in [-0.39, 0.29) is 4.90 Å². The first-order chi connectivity index (χ1) is 9.89. The van der Waals surface area contributed by atoms with Crippen molar-refractivity contribution in [1.29, 1.82) is 0 Å². The molecule has 8 heteroatoms. The van der Waals surface area contributed by atoms with Crippen molar-refractivity contribution in [3.05, 3.63) is 22.9 Å². The summed E-state index contributed by atoms with van der Waals surface area (Å²) in [6.07, 6.45) is 2.98. The molecule has 1 saturated heterocycles. The van der Waals surface area contributed by atoms with Crippen LogP contribution in [-0.2, 0) is 10.0 Å². The molecule has 118 valence electrons. The van der Waals surface area contributed by atoms with E-state index in [1.54, 1.807) is 16.6 Å². The van der Waals surface area contributed by atoms with Crippen LogP contribution in [0, 0.1) is 0 Å².